The molecule has 0 aliphatic carbocycles. The molecule has 0 aliphatic rings. The molecule has 0 radical (unpaired) electrons. The number of benzene rings is 2. The first-order chi connectivity index (χ1) is 13.5. The number of para-hydroxylation sites is 2. The number of aromatic nitrogens is 1. The molecule has 3 rings (SSSR count). The highest BCUT2D eigenvalue weighted by Crippen LogP contribution is 2.30. The van der Waals surface area contributed by atoms with Gasteiger partial charge in [0.2, 0.25) is 0 Å². The monoisotopic (exact) mass is 403 g/mol. The molecule has 1 aromatic heterocycles. The van der Waals surface area contributed by atoms with Crippen LogP contribution in [0.5, 0.6) is 11.5 Å². The Morgan fingerprint density at radius 2 is 1.89 bits per heavy atom. The van der Waals surface area contributed by atoms with E-state index in [0.29, 0.717) is 39.9 Å². The van der Waals surface area contributed by atoms with E-state index in [9.17, 15) is 9.18 Å². The fourth-order valence-corrected chi connectivity index (χ4v) is 3.62. The Bertz CT molecular complexity index is 961. The van der Waals surface area contributed by atoms with Gasteiger partial charge in [-0.05, 0) is 44.4 Å². The first-order valence-corrected chi connectivity index (χ1v) is 9.56. The highest BCUT2D eigenvalue weighted by Gasteiger charge is 2.21. The second-order valence-corrected chi connectivity index (χ2v) is 7.41. The Morgan fingerprint density at radius 3 is 2.61 bits per heavy atom. The van der Waals surface area contributed by atoms with Gasteiger partial charge in [0.25, 0.3) is 5.91 Å². The van der Waals surface area contributed by atoms with Crippen molar-refractivity contribution in [2.45, 2.75) is 0 Å². The van der Waals surface area contributed by atoms with Gasteiger partial charge in [-0.25, -0.2) is 9.37 Å². The molecule has 1 heterocycles. The number of carbonyl (C=O) groups is 1. The van der Waals surface area contributed by atoms with E-state index in [1.165, 1.54) is 23.5 Å². The van der Waals surface area contributed by atoms with Crippen LogP contribution in [0, 0.1) is 5.82 Å². The Labute approximate surface area is 167 Å². The van der Waals surface area contributed by atoms with Crippen molar-refractivity contribution >= 4 is 32.6 Å². The summed E-state index contributed by atoms with van der Waals surface area (Å²) in [6, 6.07) is 11.6. The lowest BCUT2D eigenvalue weighted by atomic mass is 10.3. The zero-order chi connectivity index (χ0) is 20.1. The minimum absolute atomic E-state index is 0.155. The van der Waals surface area contributed by atoms with Crippen molar-refractivity contribution in [1.82, 2.24) is 9.88 Å². The summed E-state index contributed by atoms with van der Waals surface area (Å²) in [4.78, 5) is 21.0. The van der Waals surface area contributed by atoms with Gasteiger partial charge in [-0.1, -0.05) is 23.5 Å². The van der Waals surface area contributed by atoms with Gasteiger partial charge in [0.15, 0.2) is 23.2 Å². The lowest BCUT2D eigenvalue weighted by molar-refractivity contribution is -0.120. The molecule has 28 heavy (non-hydrogen) atoms. The molecule has 0 saturated heterocycles. The molecule has 0 N–H and O–H groups in total. The van der Waals surface area contributed by atoms with Gasteiger partial charge in [-0.2, -0.15) is 0 Å². The smallest absolute Gasteiger partial charge is 0.266 e. The second kappa shape index (κ2) is 8.99. The number of amides is 1. The molecule has 0 unspecified atom stereocenters. The third-order valence-electron chi connectivity index (χ3n) is 4.06. The van der Waals surface area contributed by atoms with Crippen LogP contribution in [0.25, 0.3) is 10.2 Å². The van der Waals surface area contributed by atoms with E-state index >= 15 is 0 Å². The maximum Gasteiger partial charge on any atom is 0.266 e. The molecule has 2 aromatic carbocycles. The number of methoxy groups -OCH3 is 1. The lowest BCUT2D eigenvalue weighted by Crippen LogP contribution is -2.39. The third-order valence-corrected chi connectivity index (χ3v) is 5.10. The lowest BCUT2D eigenvalue weighted by Gasteiger charge is -2.22. The maximum atomic E-state index is 13.5. The summed E-state index contributed by atoms with van der Waals surface area (Å²) in [5, 5.41) is 0.524. The van der Waals surface area contributed by atoms with Crippen molar-refractivity contribution < 1.29 is 18.7 Å². The molecule has 1 amide bonds. The third kappa shape index (κ3) is 4.76. The van der Waals surface area contributed by atoms with Crippen LogP contribution >= 0.6 is 11.3 Å². The summed E-state index contributed by atoms with van der Waals surface area (Å²) in [6.45, 7) is 0.951. The molecule has 0 spiro atoms. The number of likely N-dealkylation sites (N-methyl/N-ethyl adjacent to an activating group) is 1. The van der Waals surface area contributed by atoms with Crippen molar-refractivity contribution in [3.63, 3.8) is 0 Å². The summed E-state index contributed by atoms with van der Waals surface area (Å²) in [6.07, 6.45) is 0. The molecule has 148 valence electrons. The minimum atomic E-state index is -0.326. The summed E-state index contributed by atoms with van der Waals surface area (Å²) >= 11 is 1.28. The van der Waals surface area contributed by atoms with Crippen LogP contribution < -0.4 is 14.4 Å². The molecule has 0 bridgehead atoms. The van der Waals surface area contributed by atoms with E-state index in [1.54, 1.807) is 30.2 Å². The highest BCUT2D eigenvalue weighted by atomic mass is 32.1. The van der Waals surface area contributed by atoms with Crippen LogP contribution in [0.4, 0.5) is 9.52 Å². The van der Waals surface area contributed by atoms with Crippen LogP contribution in [0.1, 0.15) is 0 Å². The van der Waals surface area contributed by atoms with Crippen LogP contribution in [0.3, 0.4) is 0 Å². The number of anilines is 1. The number of thiazole rings is 1. The first kappa shape index (κ1) is 20.0. The van der Waals surface area contributed by atoms with E-state index in [-0.39, 0.29) is 18.3 Å². The van der Waals surface area contributed by atoms with Crippen molar-refractivity contribution in [3.8, 4) is 11.5 Å². The van der Waals surface area contributed by atoms with Crippen molar-refractivity contribution in [3.05, 3.63) is 48.3 Å². The number of nitrogens with zero attached hydrogens (tertiary/aromatic N) is 3. The Hall–Kier alpha value is -2.71. The summed E-state index contributed by atoms with van der Waals surface area (Å²) < 4.78 is 25.1. The van der Waals surface area contributed by atoms with E-state index < -0.39 is 0 Å². The van der Waals surface area contributed by atoms with Crippen LogP contribution in [0.2, 0.25) is 0 Å². The minimum Gasteiger partial charge on any atom is -0.493 e. The number of hydrogen-bond acceptors (Lipinski definition) is 6. The van der Waals surface area contributed by atoms with E-state index in [0.717, 1.165) is 0 Å². The molecule has 3 aromatic rings. The predicted molar refractivity (Wildman–Crippen MR) is 109 cm³/mol. The molecule has 0 atom stereocenters. The van der Waals surface area contributed by atoms with Crippen molar-refractivity contribution in [2.75, 3.05) is 45.8 Å². The predicted octanol–water partition coefficient (Wildman–Crippen LogP) is 3.42. The Balaban J connectivity index is 1.80. The average Bonchev–Trinajstić information content (AvgIpc) is 3.09. The normalized spacial score (nSPS) is 11.0. The van der Waals surface area contributed by atoms with Crippen molar-refractivity contribution in [1.29, 1.82) is 0 Å². The summed E-state index contributed by atoms with van der Waals surface area (Å²) in [7, 11) is 5.41. The van der Waals surface area contributed by atoms with E-state index in [1.807, 2.05) is 31.1 Å². The maximum absolute atomic E-state index is 13.5. The molecule has 8 heteroatoms. The van der Waals surface area contributed by atoms with Crippen LogP contribution in [-0.4, -0.2) is 56.7 Å². The largest absolute Gasteiger partial charge is 0.493 e. The fourth-order valence-electron chi connectivity index (χ4n) is 2.58. The molecule has 0 saturated carbocycles. The van der Waals surface area contributed by atoms with Crippen LogP contribution in [-0.2, 0) is 4.79 Å². The topological polar surface area (TPSA) is 54.9 Å². The second-order valence-electron chi connectivity index (χ2n) is 6.40. The van der Waals surface area contributed by atoms with E-state index in [4.69, 9.17) is 9.47 Å². The summed E-state index contributed by atoms with van der Waals surface area (Å²) in [5.41, 5.74) is 0.662. The van der Waals surface area contributed by atoms with Gasteiger partial charge in [0.05, 0.1) is 17.3 Å². The number of hydrogen-bond donors (Lipinski definition) is 0. The van der Waals surface area contributed by atoms with Crippen molar-refractivity contribution in [2.24, 2.45) is 0 Å². The first-order valence-electron chi connectivity index (χ1n) is 8.75. The zero-order valence-corrected chi connectivity index (χ0v) is 16.8. The molecule has 0 aliphatic heterocycles. The van der Waals surface area contributed by atoms with Gasteiger partial charge in [0.1, 0.15) is 5.82 Å². The quantitative estimate of drug-likeness (QED) is 0.577. The van der Waals surface area contributed by atoms with Gasteiger partial charge in [-0.3, -0.25) is 9.69 Å². The Morgan fingerprint density at radius 1 is 1.14 bits per heavy atom. The average molecular weight is 403 g/mol. The van der Waals surface area contributed by atoms with Gasteiger partial charge < -0.3 is 14.4 Å². The zero-order valence-electron chi connectivity index (χ0n) is 16.0. The Kier molecular flexibility index (Phi) is 6.43. The number of ether oxygens (including phenoxy) is 2. The van der Waals surface area contributed by atoms with Gasteiger partial charge >= 0.3 is 0 Å². The SMILES string of the molecule is COc1ccccc1OCC(=O)N(CCN(C)C)c1nc2ccc(F)cc2s1. The fraction of sp³-hybridized carbons (Fsp3) is 0.300. The molecule has 0 fully saturated rings. The molecule has 6 nitrogen and oxygen atoms in total. The van der Waals surface area contributed by atoms with Gasteiger partial charge in [0, 0.05) is 13.1 Å². The van der Waals surface area contributed by atoms with Gasteiger partial charge in [-0.15, -0.1) is 0 Å². The van der Waals surface area contributed by atoms with Crippen LogP contribution in [0.15, 0.2) is 42.5 Å². The summed E-state index contributed by atoms with van der Waals surface area (Å²) in [5.74, 6) is 0.503. The number of halogens is 1. The number of fused-ring (bicyclic) bond motifs is 1. The highest BCUT2D eigenvalue weighted by molar-refractivity contribution is 7.22. The number of rotatable bonds is 8. The molecular weight excluding hydrogens is 381 g/mol. The standard InChI is InChI=1S/C20H22FN3O3S/c1-23(2)10-11-24(20-22-15-9-8-14(21)12-18(15)28-20)19(25)13-27-17-7-5-4-6-16(17)26-3/h4-9,12H,10-11,13H2,1-3H3. The van der Waals surface area contributed by atoms with E-state index in [2.05, 4.69) is 4.98 Å². The molecular formula is C20H22FN3O3S. The number of carbonyl (C=O) groups excluding carboxylic acids is 1.